The predicted octanol–water partition coefficient (Wildman–Crippen LogP) is 8.75. The number of hydrogen-bond acceptors (Lipinski definition) is 7. The monoisotopic (exact) mass is 678 g/mol. The Bertz CT molecular complexity index is 2190. The summed E-state index contributed by atoms with van der Waals surface area (Å²) in [6, 6.07) is 20.0. The van der Waals surface area contributed by atoms with Gasteiger partial charge >= 0.3 is 0 Å². The van der Waals surface area contributed by atoms with Crippen LogP contribution in [0.3, 0.4) is 0 Å². The molecule has 0 unspecified atom stereocenters. The van der Waals surface area contributed by atoms with E-state index in [0.29, 0.717) is 34.0 Å². The normalized spacial score (nSPS) is 19.8. The fourth-order valence-electron chi connectivity index (χ4n) is 6.08. The largest absolute Gasteiger partial charge is 0.504 e. The first-order valence-electron chi connectivity index (χ1n) is 15.2. The standard InChI is InChI=1S/C39H27BrN4O3/c1-21(2)47-39-35(37(45)38(39)46)34-28-15-13-24(41-28)32(22-9-5-3-6-10-22)26-17-19-30(43-26)36(40)31-20-18-27(44-31)33(23-11-7-4-8-12-23)25-14-16-29(34)42-25/h3-21,45-46H,1-2H3. The summed E-state index contributed by atoms with van der Waals surface area (Å²) in [7, 11) is 0. The zero-order valence-electron chi connectivity index (χ0n) is 25.4. The summed E-state index contributed by atoms with van der Waals surface area (Å²) in [6.07, 6.45) is 15.4. The van der Waals surface area contributed by atoms with Crippen LogP contribution in [0.1, 0.15) is 25.0 Å². The van der Waals surface area contributed by atoms with Crippen molar-refractivity contribution < 1.29 is 14.9 Å². The molecular formula is C39H27BrN4O3. The molecule has 8 heteroatoms. The van der Waals surface area contributed by atoms with Crippen LogP contribution in [0.2, 0.25) is 0 Å². The zero-order chi connectivity index (χ0) is 32.2. The van der Waals surface area contributed by atoms with Gasteiger partial charge in [-0.25, -0.2) is 20.0 Å². The number of fused-ring (bicyclic) bond motifs is 4. The third kappa shape index (κ3) is 4.89. The van der Waals surface area contributed by atoms with Gasteiger partial charge in [0.05, 0.1) is 61.8 Å². The number of rotatable bonds is 5. The highest BCUT2D eigenvalue weighted by Gasteiger charge is 2.38. The van der Waals surface area contributed by atoms with E-state index in [-0.39, 0.29) is 23.4 Å². The molecule has 5 heterocycles. The number of nitrogens with zero attached hydrogens (tertiary/aromatic N) is 4. The van der Waals surface area contributed by atoms with E-state index >= 15 is 0 Å². The van der Waals surface area contributed by atoms with Crippen LogP contribution in [0, 0.1) is 0 Å². The predicted molar refractivity (Wildman–Crippen MR) is 192 cm³/mol. The molecule has 0 amide bonds. The molecule has 0 fully saturated rings. The Balaban J connectivity index is 1.44. The first-order chi connectivity index (χ1) is 22.9. The van der Waals surface area contributed by atoms with Gasteiger partial charge in [-0.05, 0) is 89.5 Å². The molecule has 1 aliphatic carbocycles. The minimum absolute atomic E-state index is 0.209. The Labute approximate surface area is 280 Å². The maximum absolute atomic E-state index is 11.1. The average Bonchev–Trinajstić information content (AvgIpc) is 3.92. The van der Waals surface area contributed by atoms with E-state index < -0.39 is 0 Å². The van der Waals surface area contributed by atoms with E-state index in [0.717, 1.165) is 49.6 Å². The molecule has 5 aliphatic heterocycles. The number of aliphatic imine (C=N–C) groups is 4. The van der Waals surface area contributed by atoms with Crippen molar-refractivity contribution >= 4 is 49.9 Å². The highest BCUT2D eigenvalue weighted by Crippen LogP contribution is 2.43. The van der Waals surface area contributed by atoms with E-state index in [2.05, 4.69) is 15.9 Å². The van der Waals surface area contributed by atoms with Crippen LogP contribution in [0.15, 0.2) is 185 Å². The topological polar surface area (TPSA) is 99.1 Å². The second-order valence-corrected chi connectivity index (χ2v) is 12.4. The Morgan fingerprint density at radius 2 is 0.936 bits per heavy atom. The smallest absolute Gasteiger partial charge is 0.202 e. The van der Waals surface area contributed by atoms with Crippen LogP contribution >= 0.6 is 15.9 Å². The highest BCUT2D eigenvalue weighted by atomic mass is 79.9. The molecule has 0 spiro atoms. The molecule has 2 aromatic rings. The highest BCUT2D eigenvalue weighted by molar-refractivity contribution is 9.12. The molecule has 2 aromatic carbocycles. The van der Waals surface area contributed by atoms with Gasteiger partial charge in [-0.3, -0.25) is 0 Å². The SMILES string of the molecule is CC(C)OC1=C(C2=C3C=CC(=N3)C(c3ccccc3)=C3C=CC(=N3)C(Br)=C3C=CC(=N3)C(c3ccccc3)=C3C=CC2=N3)C(O)=C1O. The van der Waals surface area contributed by atoms with Crippen molar-refractivity contribution in [2.45, 2.75) is 20.0 Å². The molecular weight excluding hydrogens is 652 g/mol. The van der Waals surface area contributed by atoms with E-state index in [1.54, 1.807) is 0 Å². The third-order valence-corrected chi connectivity index (χ3v) is 8.99. The molecule has 0 radical (unpaired) electrons. The van der Waals surface area contributed by atoms with Crippen molar-refractivity contribution in [1.82, 2.24) is 0 Å². The van der Waals surface area contributed by atoms with Crippen molar-refractivity contribution in [2.75, 3.05) is 0 Å². The van der Waals surface area contributed by atoms with E-state index in [1.165, 1.54) is 0 Å². The molecule has 0 saturated heterocycles. The summed E-state index contributed by atoms with van der Waals surface area (Å²) in [6.45, 7) is 3.74. The molecule has 8 bridgehead atoms. The Kier molecular flexibility index (Phi) is 6.95. The molecule has 0 saturated carbocycles. The molecule has 7 nitrogen and oxygen atoms in total. The van der Waals surface area contributed by atoms with Gasteiger partial charge in [0.25, 0.3) is 0 Å². The number of ether oxygens (including phenoxy) is 1. The Morgan fingerprint density at radius 3 is 1.47 bits per heavy atom. The number of hydrogen-bond donors (Lipinski definition) is 2. The molecule has 6 aliphatic rings. The first-order valence-corrected chi connectivity index (χ1v) is 16.0. The molecule has 47 heavy (non-hydrogen) atoms. The minimum atomic E-state index is -0.288. The number of allylic oxidation sites excluding steroid dienone is 12. The minimum Gasteiger partial charge on any atom is -0.504 e. The van der Waals surface area contributed by atoms with Gasteiger partial charge in [0, 0.05) is 16.7 Å². The first kappa shape index (κ1) is 28.8. The maximum atomic E-state index is 11.1. The third-order valence-electron chi connectivity index (χ3n) is 8.18. The number of halogens is 1. The lowest BCUT2D eigenvalue weighted by Crippen LogP contribution is -2.22. The molecule has 228 valence electrons. The zero-order valence-corrected chi connectivity index (χ0v) is 27.0. The van der Waals surface area contributed by atoms with Crippen LogP contribution in [-0.4, -0.2) is 39.2 Å². The lowest BCUT2D eigenvalue weighted by molar-refractivity contribution is 0.119. The van der Waals surface area contributed by atoms with Crippen LogP contribution in [0.25, 0.3) is 11.1 Å². The van der Waals surface area contributed by atoms with Crippen LogP contribution in [0.5, 0.6) is 0 Å². The van der Waals surface area contributed by atoms with Crippen molar-refractivity contribution in [3.63, 3.8) is 0 Å². The number of aliphatic hydroxyl groups excluding tert-OH is 2. The lowest BCUT2D eigenvalue weighted by Gasteiger charge is -2.27. The fraction of sp³-hybridized carbons (Fsp3) is 0.0769. The number of benzene rings is 2. The van der Waals surface area contributed by atoms with Gasteiger partial charge in [-0.15, -0.1) is 0 Å². The summed E-state index contributed by atoms with van der Waals surface area (Å²) in [4.78, 5) is 20.4. The average molecular weight is 680 g/mol. The van der Waals surface area contributed by atoms with Gasteiger partial charge in [-0.2, -0.15) is 0 Å². The summed E-state index contributed by atoms with van der Waals surface area (Å²) in [5, 5.41) is 21.8. The number of aliphatic hydroxyl groups is 2. The second-order valence-electron chi connectivity index (χ2n) is 11.6. The van der Waals surface area contributed by atoms with Crippen molar-refractivity contribution in [2.24, 2.45) is 20.0 Å². The van der Waals surface area contributed by atoms with E-state index in [1.807, 2.05) is 123 Å². The Hall–Kier alpha value is -5.60. The fourth-order valence-corrected chi connectivity index (χ4v) is 6.52. The van der Waals surface area contributed by atoms with E-state index in [4.69, 9.17) is 24.7 Å². The van der Waals surface area contributed by atoms with Crippen molar-refractivity contribution in [3.8, 4) is 0 Å². The lowest BCUT2D eigenvalue weighted by atomic mass is 9.88. The molecule has 2 N–H and O–H groups in total. The molecule has 8 rings (SSSR count). The second kappa shape index (κ2) is 11.3. The molecule has 0 aromatic heterocycles. The van der Waals surface area contributed by atoms with Gasteiger partial charge in [0.2, 0.25) is 5.76 Å². The van der Waals surface area contributed by atoms with Gasteiger partial charge < -0.3 is 14.9 Å². The quantitative estimate of drug-likeness (QED) is 0.331. The summed E-state index contributed by atoms with van der Waals surface area (Å²) in [5.41, 5.74) is 10.1. The van der Waals surface area contributed by atoms with Gasteiger partial charge in [-0.1, -0.05) is 60.7 Å². The van der Waals surface area contributed by atoms with Gasteiger partial charge in [0.1, 0.15) is 0 Å². The van der Waals surface area contributed by atoms with Crippen molar-refractivity contribution in [1.29, 1.82) is 0 Å². The van der Waals surface area contributed by atoms with Gasteiger partial charge in [0.15, 0.2) is 11.5 Å². The van der Waals surface area contributed by atoms with E-state index in [9.17, 15) is 10.2 Å². The molecule has 0 atom stereocenters. The summed E-state index contributed by atoms with van der Waals surface area (Å²) in [5.74, 6) is -0.340. The Morgan fingerprint density at radius 1 is 0.511 bits per heavy atom. The van der Waals surface area contributed by atoms with Crippen LogP contribution in [-0.2, 0) is 4.74 Å². The van der Waals surface area contributed by atoms with Crippen LogP contribution in [0.4, 0.5) is 0 Å². The maximum Gasteiger partial charge on any atom is 0.202 e. The van der Waals surface area contributed by atoms with Crippen LogP contribution < -0.4 is 0 Å². The summed E-state index contributed by atoms with van der Waals surface area (Å²) < 4.78 is 6.78. The van der Waals surface area contributed by atoms with Crippen molar-refractivity contribution in [3.05, 3.63) is 176 Å². The summed E-state index contributed by atoms with van der Waals surface area (Å²) >= 11 is 3.79.